The van der Waals surface area contributed by atoms with Crippen LogP contribution in [0.2, 0.25) is 10.0 Å². The number of ether oxygens (including phenoxy) is 2. The van der Waals surface area contributed by atoms with Gasteiger partial charge in [0.05, 0.1) is 47.3 Å². The fraction of sp³-hybridized carbons (Fsp3) is 0.385. The van der Waals surface area contributed by atoms with Gasteiger partial charge >= 0.3 is 0 Å². The van der Waals surface area contributed by atoms with Crippen LogP contribution in [0, 0.1) is 17.1 Å². The van der Waals surface area contributed by atoms with Crippen LogP contribution in [-0.2, 0) is 9.53 Å². The molecule has 264 valence electrons. The van der Waals surface area contributed by atoms with Crippen LogP contribution in [0.15, 0.2) is 60.8 Å². The highest BCUT2D eigenvalue weighted by Gasteiger charge is 2.35. The standard InChI is InChI=1S/C39H39Cl2FN6O3/c1-23(32-12-6-17-46(32)2)51-39-29-22-44-48(26-15-18-47(25(20-26)14-16-43)33(49)13-7-19-50-3)38(29)28-21-31(41)35(36(42)37(28)45-39)27-10-4-8-24-9-5-11-30(40)34(24)27/h4-5,7-11,13,21-23,25-26,32H,6,12,14-15,17-20H2,1-3H3/b13-7+/t23-,25+,26-,32-/m0/s1. The number of pyridine rings is 1. The Morgan fingerprint density at radius 3 is 2.71 bits per heavy atom. The number of aromatic nitrogens is 3. The van der Waals surface area contributed by atoms with E-state index in [9.17, 15) is 10.1 Å². The maximum atomic E-state index is 17.2. The number of amides is 1. The molecule has 3 aromatic carbocycles. The summed E-state index contributed by atoms with van der Waals surface area (Å²) < 4.78 is 30.8. The molecule has 4 heterocycles. The second-order valence-corrected chi connectivity index (χ2v) is 14.3. The maximum absolute atomic E-state index is 17.2. The molecule has 0 spiro atoms. The second kappa shape index (κ2) is 14.8. The molecule has 0 unspecified atom stereocenters. The van der Waals surface area contributed by atoms with Crippen molar-refractivity contribution in [3.05, 3.63) is 76.7 Å². The third-order valence-electron chi connectivity index (χ3n) is 10.4. The molecule has 0 radical (unpaired) electrons. The van der Waals surface area contributed by atoms with Gasteiger partial charge in [-0.05, 0) is 69.3 Å². The van der Waals surface area contributed by atoms with E-state index in [1.54, 1.807) is 36.4 Å². The number of nitriles is 1. The Kier molecular flexibility index (Phi) is 10.2. The molecule has 2 aliphatic heterocycles. The first-order valence-electron chi connectivity index (χ1n) is 17.3. The lowest BCUT2D eigenvalue weighted by molar-refractivity contribution is -0.130. The minimum absolute atomic E-state index is 0.110. The van der Waals surface area contributed by atoms with Gasteiger partial charge in [0, 0.05) is 53.2 Å². The number of piperidine rings is 1. The zero-order valence-electron chi connectivity index (χ0n) is 28.8. The maximum Gasteiger partial charge on any atom is 0.246 e. The van der Waals surface area contributed by atoms with Gasteiger partial charge in [-0.1, -0.05) is 59.6 Å². The van der Waals surface area contributed by atoms with E-state index in [-0.39, 0.29) is 52.7 Å². The lowest BCUT2D eigenvalue weighted by Crippen LogP contribution is -2.46. The number of likely N-dealkylation sites (tertiary alicyclic amines) is 2. The summed E-state index contributed by atoms with van der Waals surface area (Å²) in [6.07, 6.45) is 7.95. The summed E-state index contributed by atoms with van der Waals surface area (Å²) in [5.74, 6) is -0.452. The number of fused-ring (bicyclic) bond motifs is 4. The molecule has 2 saturated heterocycles. The van der Waals surface area contributed by atoms with Crippen LogP contribution in [0.3, 0.4) is 0 Å². The molecule has 2 aliphatic rings. The highest BCUT2D eigenvalue weighted by Crippen LogP contribution is 2.44. The summed E-state index contributed by atoms with van der Waals surface area (Å²) in [5, 5.41) is 18.0. The third kappa shape index (κ3) is 6.53. The second-order valence-electron chi connectivity index (χ2n) is 13.5. The summed E-state index contributed by atoms with van der Waals surface area (Å²) in [7, 11) is 3.65. The summed E-state index contributed by atoms with van der Waals surface area (Å²) in [5.41, 5.74) is 1.53. The topological polar surface area (TPSA) is 96.5 Å². The lowest BCUT2D eigenvalue weighted by atomic mass is 9.94. The Labute approximate surface area is 306 Å². The van der Waals surface area contributed by atoms with Gasteiger partial charge in [-0.25, -0.2) is 9.37 Å². The first-order chi connectivity index (χ1) is 24.7. The van der Waals surface area contributed by atoms with Crippen molar-refractivity contribution in [3.63, 3.8) is 0 Å². The molecular formula is C39H39Cl2FN6O3. The van der Waals surface area contributed by atoms with Gasteiger partial charge in [-0.2, -0.15) is 10.4 Å². The third-order valence-corrected chi connectivity index (χ3v) is 11.0. The Morgan fingerprint density at radius 2 is 1.96 bits per heavy atom. The summed E-state index contributed by atoms with van der Waals surface area (Å²) in [6.45, 7) is 3.75. The van der Waals surface area contributed by atoms with E-state index in [4.69, 9.17) is 42.8 Å². The van der Waals surface area contributed by atoms with Gasteiger partial charge in [0.1, 0.15) is 11.6 Å². The number of hydrogen-bond acceptors (Lipinski definition) is 7. The normalized spacial score (nSPS) is 20.5. The number of methoxy groups -OCH3 is 1. The van der Waals surface area contributed by atoms with Crippen LogP contribution in [0.1, 0.15) is 45.1 Å². The van der Waals surface area contributed by atoms with Crippen molar-refractivity contribution in [2.24, 2.45) is 0 Å². The number of nitrogens with zero attached hydrogens (tertiary/aromatic N) is 6. The summed E-state index contributed by atoms with van der Waals surface area (Å²) in [6, 6.07) is 14.8. The summed E-state index contributed by atoms with van der Waals surface area (Å²) >= 11 is 13.7. The van der Waals surface area contributed by atoms with Crippen molar-refractivity contribution >= 4 is 61.7 Å². The highest BCUT2D eigenvalue weighted by molar-refractivity contribution is 6.38. The van der Waals surface area contributed by atoms with E-state index in [0.29, 0.717) is 64.1 Å². The SMILES string of the molecule is COC/C=C/C(=O)N1CC[C@H](n2ncc3c(O[C@@H](C)[C@@H]4CCCN4C)nc4c(F)c(-c5cccc6cccc(Cl)c56)c(Cl)cc4c32)C[C@H]1CC#N. The molecule has 5 aromatic rings. The van der Waals surface area contributed by atoms with Crippen LogP contribution >= 0.6 is 23.2 Å². The fourth-order valence-corrected chi connectivity index (χ4v) is 8.51. The number of rotatable bonds is 9. The number of likely N-dealkylation sites (N-methyl/N-ethyl adjacent to an activating group) is 1. The van der Waals surface area contributed by atoms with E-state index in [1.807, 2.05) is 41.9 Å². The molecule has 2 aromatic heterocycles. The van der Waals surface area contributed by atoms with E-state index >= 15 is 4.39 Å². The first kappa shape index (κ1) is 35.1. The van der Waals surface area contributed by atoms with E-state index < -0.39 is 5.82 Å². The molecule has 0 N–H and O–H groups in total. The number of halogens is 3. The predicted molar refractivity (Wildman–Crippen MR) is 199 cm³/mol. The lowest BCUT2D eigenvalue weighted by Gasteiger charge is -2.38. The van der Waals surface area contributed by atoms with E-state index in [0.717, 1.165) is 24.8 Å². The minimum Gasteiger partial charge on any atom is -0.472 e. The minimum atomic E-state index is -0.583. The Balaban J connectivity index is 1.38. The van der Waals surface area contributed by atoms with Crippen molar-refractivity contribution in [1.29, 1.82) is 5.26 Å². The van der Waals surface area contributed by atoms with Crippen molar-refractivity contribution < 1.29 is 18.7 Å². The number of benzene rings is 3. The van der Waals surface area contributed by atoms with E-state index in [1.165, 1.54) is 6.08 Å². The highest BCUT2D eigenvalue weighted by atomic mass is 35.5. The number of hydrogen-bond donors (Lipinski definition) is 0. The Morgan fingerprint density at radius 1 is 1.16 bits per heavy atom. The molecule has 4 atom stereocenters. The van der Waals surface area contributed by atoms with E-state index in [2.05, 4.69) is 18.0 Å². The Hall–Kier alpha value is -4.27. The molecule has 12 heteroatoms. The van der Waals surface area contributed by atoms with Crippen molar-refractivity contribution in [2.45, 2.75) is 63.3 Å². The molecule has 51 heavy (non-hydrogen) atoms. The quantitative estimate of drug-likeness (QED) is 0.141. The van der Waals surface area contributed by atoms with Gasteiger partial charge in [-0.15, -0.1) is 0 Å². The molecule has 7 rings (SSSR count). The zero-order chi connectivity index (χ0) is 35.8. The molecule has 0 bridgehead atoms. The van der Waals surface area contributed by atoms with Crippen LogP contribution < -0.4 is 4.74 Å². The van der Waals surface area contributed by atoms with Crippen LogP contribution in [0.25, 0.3) is 43.7 Å². The van der Waals surface area contributed by atoms with Crippen molar-refractivity contribution in [2.75, 3.05) is 33.9 Å². The fourth-order valence-electron chi connectivity index (χ4n) is 7.93. The Bertz CT molecular complexity index is 2190. The predicted octanol–water partition coefficient (Wildman–Crippen LogP) is 8.36. The summed E-state index contributed by atoms with van der Waals surface area (Å²) in [4.78, 5) is 22.0. The zero-order valence-corrected chi connectivity index (χ0v) is 30.3. The van der Waals surface area contributed by atoms with Gasteiger partial charge in [0.15, 0.2) is 5.82 Å². The van der Waals surface area contributed by atoms with Gasteiger partial charge in [0.25, 0.3) is 0 Å². The van der Waals surface area contributed by atoms with Crippen molar-refractivity contribution in [1.82, 2.24) is 24.6 Å². The molecule has 0 aliphatic carbocycles. The molecular weight excluding hydrogens is 690 g/mol. The van der Waals surface area contributed by atoms with Gasteiger partial charge in [0.2, 0.25) is 11.8 Å². The average molecular weight is 730 g/mol. The average Bonchev–Trinajstić information content (AvgIpc) is 3.76. The molecule has 2 fully saturated rings. The molecule has 0 saturated carbocycles. The number of carbonyl (C=O) groups excluding carboxylic acids is 1. The molecule has 9 nitrogen and oxygen atoms in total. The van der Waals surface area contributed by atoms with Crippen LogP contribution in [-0.4, -0.2) is 82.5 Å². The van der Waals surface area contributed by atoms with Gasteiger partial charge in [-0.3, -0.25) is 14.4 Å². The number of carbonyl (C=O) groups is 1. The molecule has 1 amide bonds. The first-order valence-corrected chi connectivity index (χ1v) is 18.0. The van der Waals surface area contributed by atoms with Crippen molar-refractivity contribution in [3.8, 4) is 23.1 Å². The largest absolute Gasteiger partial charge is 0.472 e. The monoisotopic (exact) mass is 728 g/mol. The van der Waals surface area contributed by atoms with Crippen LogP contribution in [0.5, 0.6) is 5.88 Å². The van der Waals surface area contributed by atoms with Gasteiger partial charge < -0.3 is 14.4 Å². The van der Waals surface area contributed by atoms with Crippen LogP contribution in [0.4, 0.5) is 4.39 Å². The smallest absolute Gasteiger partial charge is 0.246 e.